The Hall–Kier alpha value is -0.990. The maximum Gasteiger partial charge on any atom is 0.223 e. The molecule has 2 saturated carbocycles. The average Bonchev–Trinajstić information content (AvgIpc) is 2.96. The first-order valence-electron chi connectivity index (χ1n) is 15.6. The van der Waals surface area contributed by atoms with Crippen molar-refractivity contribution in [1.82, 2.24) is 20.9 Å². The van der Waals surface area contributed by atoms with Crippen molar-refractivity contribution in [3.63, 3.8) is 0 Å². The van der Waals surface area contributed by atoms with Crippen LogP contribution in [0.1, 0.15) is 57.8 Å². The third kappa shape index (κ3) is 8.80. The van der Waals surface area contributed by atoms with Crippen LogP contribution in [-0.2, 0) is 14.3 Å². The van der Waals surface area contributed by atoms with E-state index in [0.29, 0.717) is 12.5 Å². The van der Waals surface area contributed by atoms with Crippen LogP contribution in [-0.4, -0.2) is 120 Å². The number of aliphatic hydroxyl groups excluding tert-OH is 3. The largest absolute Gasteiger partial charge is 0.394 e. The standard InChI is InChI=1S/C29H49ClF2N4O6/c30-21-13-33-28(34-14-21)36-5-3-18(4-6-36)2-1-7-42-22-10-24(31)23(25(32)11-22)12-26(40)19-8-20(9-19)27(41)35-29(15-37,16-38)17-39/h18-25,28,33-34,37-39H,1-17H2,(H,35,41). The number of hydrogen-bond acceptors (Lipinski definition) is 9. The molecule has 242 valence electrons. The lowest BCUT2D eigenvalue weighted by Gasteiger charge is -2.41. The Bertz CT molecular complexity index is 847. The van der Waals surface area contributed by atoms with Crippen molar-refractivity contribution in [2.45, 2.75) is 93.4 Å². The predicted molar refractivity (Wildman–Crippen MR) is 153 cm³/mol. The SMILES string of the molecule is O=C(CC1C(F)CC(OCCCC2CCN(C3NCC(Cl)CN3)CC2)CC1F)C1CC(C(=O)NC(CO)(CO)CO)C1. The minimum Gasteiger partial charge on any atom is -0.394 e. The zero-order valence-corrected chi connectivity index (χ0v) is 25.1. The number of aliphatic hydroxyl groups is 3. The lowest BCUT2D eigenvalue weighted by atomic mass is 9.69. The molecule has 2 aliphatic carbocycles. The van der Waals surface area contributed by atoms with Crippen LogP contribution in [0, 0.1) is 23.7 Å². The number of rotatable bonds is 14. The van der Waals surface area contributed by atoms with E-state index in [0.717, 1.165) is 51.9 Å². The summed E-state index contributed by atoms with van der Waals surface area (Å²) in [6, 6.07) is 0. The van der Waals surface area contributed by atoms with Gasteiger partial charge in [-0.05, 0) is 44.4 Å². The van der Waals surface area contributed by atoms with Gasteiger partial charge in [0, 0.05) is 69.8 Å². The molecule has 0 aromatic heterocycles. The van der Waals surface area contributed by atoms with E-state index < -0.39 is 67.5 Å². The van der Waals surface area contributed by atoms with Gasteiger partial charge in [-0.2, -0.15) is 0 Å². The predicted octanol–water partition coefficient (Wildman–Crippen LogP) is 0.851. The minimum absolute atomic E-state index is 0.0859. The van der Waals surface area contributed by atoms with Crippen molar-refractivity contribution in [1.29, 1.82) is 0 Å². The van der Waals surface area contributed by atoms with Gasteiger partial charge >= 0.3 is 0 Å². The Morgan fingerprint density at radius 1 is 0.952 bits per heavy atom. The number of amides is 1. The topological polar surface area (TPSA) is 143 Å². The molecular weight excluding hydrogens is 574 g/mol. The van der Waals surface area contributed by atoms with E-state index in [4.69, 9.17) is 16.3 Å². The van der Waals surface area contributed by atoms with Crippen molar-refractivity contribution in [2.75, 3.05) is 52.6 Å². The molecule has 0 aromatic carbocycles. The fourth-order valence-corrected chi connectivity index (χ4v) is 6.87. The Balaban J connectivity index is 1.09. The summed E-state index contributed by atoms with van der Waals surface area (Å²) in [6.45, 7) is 2.24. The smallest absolute Gasteiger partial charge is 0.223 e. The van der Waals surface area contributed by atoms with Crippen LogP contribution in [0.5, 0.6) is 0 Å². The van der Waals surface area contributed by atoms with Crippen LogP contribution in [0.3, 0.4) is 0 Å². The molecule has 0 aromatic rings. The Morgan fingerprint density at radius 2 is 1.55 bits per heavy atom. The molecule has 0 bridgehead atoms. The van der Waals surface area contributed by atoms with Gasteiger partial charge < -0.3 is 25.4 Å². The molecule has 2 atom stereocenters. The lowest BCUT2D eigenvalue weighted by Crippen LogP contribution is -2.62. The molecular formula is C29H49ClF2N4O6. The van der Waals surface area contributed by atoms with E-state index >= 15 is 0 Å². The van der Waals surface area contributed by atoms with E-state index in [9.17, 15) is 33.7 Å². The number of ketones is 1. The monoisotopic (exact) mass is 622 g/mol. The summed E-state index contributed by atoms with van der Waals surface area (Å²) in [7, 11) is 0. The zero-order chi connectivity index (χ0) is 30.3. The molecule has 4 rings (SSSR count). The zero-order valence-electron chi connectivity index (χ0n) is 24.4. The molecule has 4 fully saturated rings. The van der Waals surface area contributed by atoms with Crippen LogP contribution in [0.15, 0.2) is 0 Å². The van der Waals surface area contributed by atoms with Crippen LogP contribution in [0.4, 0.5) is 8.78 Å². The highest BCUT2D eigenvalue weighted by Gasteiger charge is 2.45. The number of ether oxygens (including phenoxy) is 1. The quantitative estimate of drug-likeness (QED) is 0.123. The van der Waals surface area contributed by atoms with Crippen molar-refractivity contribution in [3.8, 4) is 0 Å². The summed E-state index contributed by atoms with van der Waals surface area (Å²) in [5.41, 5.74) is -1.52. The third-order valence-electron chi connectivity index (χ3n) is 9.79. The first-order valence-corrected chi connectivity index (χ1v) is 16.0. The number of hydrogen-bond donors (Lipinski definition) is 6. The molecule has 4 aliphatic rings. The Kier molecular flexibility index (Phi) is 12.8. The van der Waals surface area contributed by atoms with Gasteiger partial charge in [-0.25, -0.2) is 8.78 Å². The van der Waals surface area contributed by atoms with E-state index in [1.807, 2.05) is 0 Å². The number of Topliss-reactive ketones (excluding diaryl/α,β-unsaturated/α-hetero) is 1. The molecule has 1 amide bonds. The summed E-state index contributed by atoms with van der Waals surface area (Å²) in [5, 5.41) is 37.6. The van der Waals surface area contributed by atoms with E-state index in [2.05, 4.69) is 20.9 Å². The minimum atomic E-state index is -1.52. The second-order valence-electron chi connectivity index (χ2n) is 12.9. The van der Waals surface area contributed by atoms with Crippen LogP contribution in [0.25, 0.3) is 0 Å². The molecule has 2 unspecified atom stereocenters. The summed E-state index contributed by atoms with van der Waals surface area (Å²) < 4.78 is 35.8. The summed E-state index contributed by atoms with van der Waals surface area (Å²) in [4.78, 5) is 27.6. The van der Waals surface area contributed by atoms with Crippen molar-refractivity contribution in [2.24, 2.45) is 23.7 Å². The highest BCUT2D eigenvalue weighted by Crippen LogP contribution is 2.40. The van der Waals surface area contributed by atoms with E-state index in [1.165, 1.54) is 0 Å². The average molecular weight is 623 g/mol. The second kappa shape index (κ2) is 15.8. The van der Waals surface area contributed by atoms with Crippen molar-refractivity contribution in [3.05, 3.63) is 0 Å². The van der Waals surface area contributed by atoms with Gasteiger partial charge in [-0.3, -0.25) is 25.1 Å². The van der Waals surface area contributed by atoms with Crippen molar-refractivity contribution < 1.29 is 38.4 Å². The highest BCUT2D eigenvalue weighted by molar-refractivity contribution is 6.21. The first kappa shape index (κ1) is 33.9. The van der Waals surface area contributed by atoms with Gasteiger partial charge in [0.05, 0.1) is 31.3 Å². The lowest BCUT2D eigenvalue weighted by molar-refractivity contribution is -0.139. The maximum absolute atomic E-state index is 15.0. The molecule has 6 N–H and O–H groups in total. The fourth-order valence-electron chi connectivity index (χ4n) is 6.70. The number of carbonyl (C=O) groups excluding carboxylic acids is 2. The molecule has 2 aliphatic heterocycles. The summed E-state index contributed by atoms with van der Waals surface area (Å²) in [5.74, 6) is -2.03. The van der Waals surface area contributed by atoms with Gasteiger partial charge in [0.1, 0.15) is 30.0 Å². The van der Waals surface area contributed by atoms with Gasteiger partial charge in [0.2, 0.25) is 5.91 Å². The molecule has 0 spiro atoms. The number of likely N-dealkylation sites (tertiary alicyclic amines) is 1. The van der Waals surface area contributed by atoms with Gasteiger partial charge in [-0.15, -0.1) is 11.6 Å². The molecule has 13 heteroatoms. The van der Waals surface area contributed by atoms with Crippen LogP contribution >= 0.6 is 11.6 Å². The number of piperidine rings is 1. The van der Waals surface area contributed by atoms with E-state index in [-0.39, 0.29) is 49.6 Å². The summed E-state index contributed by atoms with van der Waals surface area (Å²) >= 11 is 6.13. The first-order chi connectivity index (χ1) is 20.2. The van der Waals surface area contributed by atoms with E-state index in [1.54, 1.807) is 0 Å². The number of alkyl halides is 3. The second-order valence-corrected chi connectivity index (χ2v) is 13.5. The normalized spacial score (nSPS) is 35.0. The number of carbonyl (C=O) groups is 2. The van der Waals surface area contributed by atoms with Crippen molar-refractivity contribution >= 4 is 23.3 Å². The number of halogens is 3. The fraction of sp³-hybridized carbons (Fsp3) is 0.931. The molecule has 10 nitrogen and oxygen atoms in total. The molecule has 0 radical (unpaired) electrons. The molecule has 42 heavy (non-hydrogen) atoms. The van der Waals surface area contributed by atoms with Crippen LogP contribution < -0.4 is 16.0 Å². The number of nitrogens with one attached hydrogen (secondary N) is 3. The highest BCUT2D eigenvalue weighted by atomic mass is 35.5. The molecule has 2 heterocycles. The Labute approximate surface area is 252 Å². The third-order valence-corrected chi connectivity index (χ3v) is 10.1. The van der Waals surface area contributed by atoms with Gasteiger partial charge in [0.25, 0.3) is 0 Å². The Morgan fingerprint density at radius 3 is 2.12 bits per heavy atom. The number of nitrogens with zero attached hydrogens (tertiary/aromatic N) is 1. The maximum atomic E-state index is 15.0. The van der Waals surface area contributed by atoms with Crippen LogP contribution in [0.2, 0.25) is 0 Å². The van der Waals surface area contributed by atoms with Gasteiger partial charge in [-0.1, -0.05) is 0 Å². The molecule has 2 saturated heterocycles. The van der Waals surface area contributed by atoms with Gasteiger partial charge in [0.15, 0.2) is 0 Å². The summed E-state index contributed by atoms with van der Waals surface area (Å²) in [6.07, 6.45) is 1.38.